The zero-order chi connectivity index (χ0) is 15.8. The van der Waals surface area contributed by atoms with Crippen molar-refractivity contribution in [1.82, 2.24) is 9.88 Å². The minimum atomic E-state index is -0.0739. The maximum Gasteiger partial charge on any atom is 0.323 e. The molecule has 1 aromatic heterocycles. The van der Waals surface area contributed by atoms with Crippen molar-refractivity contribution in [3.05, 3.63) is 40.4 Å². The number of nitrogens with one attached hydrogen (secondary N) is 1. The number of benzene rings is 1. The van der Waals surface area contributed by atoms with E-state index in [0.29, 0.717) is 24.1 Å². The predicted molar refractivity (Wildman–Crippen MR) is 90.2 cm³/mol. The van der Waals surface area contributed by atoms with Gasteiger partial charge in [-0.3, -0.25) is 5.32 Å². The van der Waals surface area contributed by atoms with Crippen LogP contribution in [0.15, 0.2) is 23.6 Å². The van der Waals surface area contributed by atoms with E-state index in [1.54, 1.807) is 7.11 Å². The number of methoxy groups -OCH3 is 1. The largest absolute Gasteiger partial charge is 0.496 e. The highest BCUT2D eigenvalue weighted by Gasteiger charge is 2.27. The van der Waals surface area contributed by atoms with Crippen LogP contribution in [0, 0.1) is 0 Å². The van der Waals surface area contributed by atoms with Gasteiger partial charge in [0.25, 0.3) is 0 Å². The number of carbonyl (C=O) groups is 1. The fraction of sp³-hybridized carbons (Fsp3) is 0.412. The summed E-state index contributed by atoms with van der Waals surface area (Å²) >= 11 is 1.51. The molecular formula is C17H19N3O2S. The van der Waals surface area contributed by atoms with Crippen LogP contribution in [0.3, 0.4) is 0 Å². The molecule has 1 aliphatic carbocycles. The highest BCUT2D eigenvalue weighted by molar-refractivity contribution is 7.13. The summed E-state index contributed by atoms with van der Waals surface area (Å²) in [7, 11) is 1.69. The number of rotatable bonds is 3. The number of nitrogens with zero attached hydrogens (tertiary/aromatic N) is 2. The van der Waals surface area contributed by atoms with Crippen molar-refractivity contribution in [2.24, 2.45) is 0 Å². The van der Waals surface area contributed by atoms with Crippen LogP contribution >= 0.6 is 11.3 Å². The molecule has 2 aromatic rings. The molecule has 2 aliphatic rings. The molecule has 0 radical (unpaired) electrons. The van der Waals surface area contributed by atoms with Gasteiger partial charge in [0.1, 0.15) is 5.75 Å². The Balaban J connectivity index is 1.44. The Morgan fingerprint density at radius 1 is 1.43 bits per heavy atom. The molecule has 0 atom stereocenters. The molecule has 0 spiro atoms. The number of thiazole rings is 1. The third-order valence-corrected chi connectivity index (χ3v) is 5.24. The molecular weight excluding hydrogens is 310 g/mol. The van der Waals surface area contributed by atoms with Crippen LogP contribution in [0.1, 0.15) is 35.6 Å². The standard InChI is InChI=1S/C17H19N3O2S/c1-22-15-4-2-3-12-9-20(8-7-13(12)15)17(21)19-16-18-14(10-23-16)11-5-6-11/h2-4,10-11H,5-9H2,1H3,(H,18,19,21). The van der Waals surface area contributed by atoms with Crippen LogP contribution in [0.4, 0.5) is 9.93 Å². The van der Waals surface area contributed by atoms with Crippen LogP contribution in [0.2, 0.25) is 0 Å². The SMILES string of the molecule is COc1cccc2c1CCN(C(=O)Nc1nc(C3CC3)cs1)C2. The van der Waals surface area contributed by atoms with Crippen molar-refractivity contribution in [3.63, 3.8) is 0 Å². The summed E-state index contributed by atoms with van der Waals surface area (Å²) < 4.78 is 5.41. The predicted octanol–water partition coefficient (Wildman–Crippen LogP) is 3.62. The summed E-state index contributed by atoms with van der Waals surface area (Å²) in [6.45, 7) is 1.30. The Kier molecular flexibility index (Phi) is 3.69. The molecule has 5 nitrogen and oxygen atoms in total. The van der Waals surface area contributed by atoms with Gasteiger partial charge >= 0.3 is 6.03 Å². The zero-order valence-corrected chi connectivity index (χ0v) is 13.9. The van der Waals surface area contributed by atoms with E-state index >= 15 is 0 Å². The van der Waals surface area contributed by atoms with Gasteiger partial charge in [-0.05, 0) is 30.9 Å². The van der Waals surface area contributed by atoms with Gasteiger partial charge in [0.2, 0.25) is 0 Å². The second-order valence-corrected chi connectivity index (χ2v) is 6.91. The van der Waals surface area contributed by atoms with E-state index in [1.807, 2.05) is 17.0 Å². The lowest BCUT2D eigenvalue weighted by atomic mass is 9.99. The normalized spacial score (nSPS) is 16.8. The lowest BCUT2D eigenvalue weighted by molar-refractivity contribution is 0.206. The molecule has 0 unspecified atom stereocenters. The molecule has 23 heavy (non-hydrogen) atoms. The first-order chi connectivity index (χ1) is 11.2. The Labute approximate surface area is 139 Å². The van der Waals surface area contributed by atoms with E-state index in [9.17, 15) is 4.79 Å². The summed E-state index contributed by atoms with van der Waals surface area (Å²) in [5.74, 6) is 1.53. The highest BCUT2D eigenvalue weighted by Crippen LogP contribution is 2.41. The van der Waals surface area contributed by atoms with Crippen molar-refractivity contribution in [2.45, 2.75) is 31.7 Å². The van der Waals surface area contributed by atoms with Gasteiger partial charge in [-0.25, -0.2) is 9.78 Å². The number of aromatic nitrogens is 1. The van der Waals surface area contributed by atoms with Gasteiger partial charge in [-0.15, -0.1) is 11.3 Å². The average molecular weight is 329 g/mol. The second kappa shape index (κ2) is 5.85. The minimum Gasteiger partial charge on any atom is -0.496 e. The van der Waals surface area contributed by atoms with Crippen LogP contribution in [0.5, 0.6) is 5.75 Å². The maximum absolute atomic E-state index is 12.5. The van der Waals surface area contributed by atoms with E-state index in [1.165, 1.54) is 29.7 Å². The lowest BCUT2D eigenvalue weighted by Gasteiger charge is -2.29. The average Bonchev–Trinajstić information content (AvgIpc) is 3.33. The Morgan fingerprint density at radius 2 is 2.30 bits per heavy atom. The summed E-state index contributed by atoms with van der Waals surface area (Å²) in [5.41, 5.74) is 3.49. The third-order valence-electron chi connectivity index (χ3n) is 4.46. The number of anilines is 1. The quantitative estimate of drug-likeness (QED) is 0.936. The summed E-state index contributed by atoms with van der Waals surface area (Å²) in [6.07, 6.45) is 3.27. The Hall–Kier alpha value is -2.08. The molecule has 1 N–H and O–H groups in total. The first-order valence-corrected chi connectivity index (χ1v) is 8.78. The first kappa shape index (κ1) is 14.5. The van der Waals surface area contributed by atoms with Crippen LogP contribution in [-0.2, 0) is 13.0 Å². The van der Waals surface area contributed by atoms with Gasteiger partial charge in [0, 0.05) is 30.0 Å². The fourth-order valence-corrected chi connectivity index (χ4v) is 3.80. The molecule has 1 fully saturated rings. The fourth-order valence-electron chi connectivity index (χ4n) is 3.02. The molecule has 1 aromatic carbocycles. The molecule has 1 aliphatic heterocycles. The molecule has 2 amide bonds. The van der Waals surface area contributed by atoms with E-state index < -0.39 is 0 Å². The van der Waals surface area contributed by atoms with Crippen LogP contribution in [-0.4, -0.2) is 29.6 Å². The number of urea groups is 1. The summed E-state index contributed by atoms with van der Waals surface area (Å²) in [5, 5.41) is 5.70. The Bertz CT molecular complexity index is 739. The number of carbonyl (C=O) groups excluding carboxylic acids is 1. The summed E-state index contributed by atoms with van der Waals surface area (Å²) in [6, 6.07) is 5.94. The molecule has 0 saturated heterocycles. The third kappa shape index (κ3) is 2.91. The number of hydrogen-bond acceptors (Lipinski definition) is 4. The van der Waals surface area contributed by atoms with Gasteiger partial charge < -0.3 is 9.64 Å². The number of ether oxygens (including phenoxy) is 1. The second-order valence-electron chi connectivity index (χ2n) is 6.05. The summed E-state index contributed by atoms with van der Waals surface area (Å²) in [4.78, 5) is 18.8. The van der Waals surface area contributed by atoms with Crippen LogP contribution in [0.25, 0.3) is 0 Å². The molecule has 2 heterocycles. The van der Waals surface area contributed by atoms with Gasteiger partial charge in [0.05, 0.1) is 12.8 Å². The van der Waals surface area contributed by atoms with Crippen molar-refractivity contribution in [2.75, 3.05) is 19.0 Å². The smallest absolute Gasteiger partial charge is 0.323 e. The molecule has 6 heteroatoms. The van der Waals surface area contributed by atoms with Crippen molar-refractivity contribution < 1.29 is 9.53 Å². The van der Waals surface area contributed by atoms with E-state index in [0.717, 1.165) is 23.4 Å². The Morgan fingerprint density at radius 3 is 3.09 bits per heavy atom. The van der Waals surface area contributed by atoms with E-state index in [4.69, 9.17) is 4.74 Å². The van der Waals surface area contributed by atoms with Crippen LogP contribution < -0.4 is 10.1 Å². The molecule has 4 rings (SSSR count). The van der Waals surface area contributed by atoms with Crippen molar-refractivity contribution in [3.8, 4) is 5.75 Å². The van der Waals surface area contributed by atoms with E-state index in [2.05, 4.69) is 21.7 Å². The van der Waals surface area contributed by atoms with Gasteiger partial charge in [-0.1, -0.05) is 12.1 Å². The molecule has 120 valence electrons. The first-order valence-electron chi connectivity index (χ1n) is 7.90. The number of hydrogen-bond donors (Lipinski definition) is 1. The molecule has 1 saturated carbocycles. The monoisotopic (exact) mass is 329 g/mol. The highest BCUT2D eigenvalue weighted by atomic mass is 32.1. The maximum atomic E-state index is 12.5. The van der Waals surface area contributed by atoms with Crippen molar-refractivity contribution in [1.29, 1.82) is 0 Å². The minimum absolute atomic E-state index is 0.0739. The van der Waals surface area contributed by atoms with Gasteiger partial charge in [-0.2, -0.15) is 0 Å². The zero-order valence-electron chi connectivity index (χ0n) is 13.0. The number of fused-ring (bicyclic) bond motifs is 1. The topological polar surface area (TPSA) is 54.5 Å². The van der Waals surface area contributed by atoms with Gasteiger partial charge in [0.15, 0.2) is 5.13 Å². The number of amides is 2. The molecule has 0 bridgehead atoms. The lowest BCUT2D eigenvalue weighted by Crippen LogP contribution is -2.39. The van der Waals surface area contributed by atoms with E-state index in [-0.39, 0.29) is 6.03 Å². The van der Waals surface area contributed by atoms with Crippen molar-refractivity contribution >= 4 is 22.5 Å².